The van der Waals surface area contributed by atoms with Gasteiger partial charge in [0.1, 0.15) is 11.6 Å². The highest BCUT2D eigenvalue weighted by atomic mass is 79.9. The summed E-state index contributed by atoms with van der Waals surface area (Å²) in [4.78, 5) is 12.1. The van der Waals surface area contributed by atoms with Gasteiger partial charge in [0.25, 0.3) is 5.91 Å². The Bertz CT molecular complexity index is 715. The van der Waals surface area contributed by atoms with E-state index in [1.165, 1.54) is 6.08 Å². The second-order valence-electron chi connectivity index (χ2n) is 4.18. The number of amides is 1. The SMILES string of the molecule is N#C/C(=C/c1ccc(Cl)cc1)C(=O)Nc1ccc(Br)cc1. The molecule has 3 nitrogen and oxygen atoms in total. The van der Waals surface area contributed by atoms with Crippen LogP contribution in [-0.4, -0.2) is 5.91 Å². The molecule has 104 valence electrons. The first kappa shape index (κ1) is 15.3. The molecule has 0 radical (unpaired) electrons. The highest BCUT2D eigenvalue weighted by molar-refractivity contribution is 9.10. The fourth-order valence-electron chi connectivity index (χ4n) is 1.61. The van der Waals surface area contributed by atoms with Crippen molar-refractivity contribution in [2.75, 3.05) is 5.32 Å². The van der Waals surface area contributed by atoms with Gasteiger partial charge in [-0.3, -0.25) is 4.79 Å². The quantitative estimate of drug-likeness (QED) is 0.639. The van der Waals surface area contributed by atoms with Gasteiger partial charge < -0.3 is 5.32 Å². The fourth-order valence-corrected chi connectivity index (χ4v) is 2.00. The van der Waals surface area contributed by atoms with Crippen LogP contribution in [-0.2, 0) is 4.79 Å². The molecule has 0 spiro atoms. The van der Waals surface area contributed by atoms with Crippen molar-refractivity contribution in [3.05, 3.63) is 69.2 Å². The summed E-state index contributed by atoms with van der Waals surface area (Å²) in [6.07, 6.45) is 1.52. The van der Waals surface area contributed by atoms with Crippen LogP contribution >= 0.6 is 27.5 Å². The molecule has 0 aliphatic carbocycles. The van der Waals surface area contributed by atoms with Crippen LogP contribution in [0, 0.1) is 11.3 Å². The molecule has 0 unspecified atom stereocenters. The fraction of sp³-hybridized carbons (Fsp3) is 0. The monoisotopic (exact) mass is 360 g/mol. The number of nitriles is 1. The minimum atomic E-state index is -0.449. The number of carbonyl (C=O) groups excluding carboxylic acids is 1. The Balaban J connectivity index is 2.17. The third kappa shape index (κ3) is 4.45. The van der Waals surface area contributed by atoms with E-state index in [4.69, 9.17) is 16.9 Å². The molecule has 0 heterocycles. The number of benzene rings is 2. The third-order valence-electron chi connectivity index (χ3n) is 2.65. The van der Waals surface area contributed by atoms with E-state index >= 15 is 0 Å². The van der Waals surface area contributed by atoms with Crippen LogP contribution in [0.25, 0.3) is 6.08 Å². The normalized spacial score (nSPS) is 10.8. The lowest BCUT2D eigenvalue weighted by Crippen LogP contribution is -2.13. The molecule has 0 aliphatic heterocycles. The summed E-state index contributed by atoms with van der Waals surface area (Å²) in [5, 5.41) is 12.4. The van der Waals surface area contributed by atoms with E-state index in [0.29, 0.717) is 10.7 Å². The number of hydrogen-bond donors (Lipinski definition) is 1. The van der Waals surface area contributed by atoms with Crippen molar-refractivity contribution in [1.29, 1.82) is 5.26 Å². The molecule has 1 amide bonds. The average molecular weight is 362 g/mol. The van der Waals surface area contributed by atoms with Gasteiger partial charge in [-0.2, -0.15) is 5.26 Å². The molecule has 5 heteroatoms. The lowest BCUT2D eigenvalue weighted by Gasteiger charge is -2.04. The number of halogens is 2. The van der Waals surface area contributed by atoms with Gasteiger partial charge in [-0.15, -0.1) is 0 Å². The van der Waals surface area contributed by atoms with E-state index in [-0.39, 0.29) is 5.57 Å². The van der Waals surface area contributed by atoms with Crippen LogP contribution in [0.1, 0.15) is 5.56 Å². The van der Waals surface area contributed by atoms with Crippen molar-refractivity contribution < 1.29 is 4.79 Å². The lowest BCUT2D eigenvalue weighted by molar-refractivity contribution is -0.112. The van der Waals surface area contributed by atoms with Gasteiger partial charge in [0, 0.05) is 15.2 Å². The summed E-state index contributed by atoms with van der Waals surface area (Å²) in [6, 6.07) is 15.9. The molecule has 0 saturated carbocycles. The number of anilines is 1. The Kier molecular flexibility index (Phi) is 5.15. The number of nitrogens with one attached hydrogen (secondary N) is 1. The Morgan fingerprint density at radius 3 is 2.33 bits per heavy atom. The molecule has 0 atom stereocenters. The molecule has 2 aromatic carbocycles. The molecule has 21 heavy (non-hydrogen) atoms. The zero-order valence-electron chi connectivity index (χ0n) is 10.8. The number of nitrogens with zero attached hydrogens (tertiary/aromatic N) is 1. The molecule has 0 aromatic heterocycles. The predicted molar refractivity (Wildman–Crippen MR) is 87.8 cm³/mol. The van der Waals surface area contributed by atoms with Crippen LogP contribution in [0.5, 0.6) is 0 Å². The number of hydrogen-bond acceptors (Lipinski definition) is 2. The van der Waals surface area contributed by atoms with E-state index in [9.17, 15) is 4.79 Å². The van der Waals surface area contributed by atoms with E-state index in [0.717, 1.165) is 10.0 Å². The van der Waals surface area contributed by atoms with Crippen LogP contribution in [0.3, 0.4) is 0 Å². The van der Waals surface area contributed by atoms with Crippen molar-refractivity contribution in [2.45, 2.75) is 0 Å². The smallest absolute Gasteiger partial charge is 0.266 e. The third-order valence-corrected chi connectivity index (χ3v) is 3.43. The molecule has 0 aliphatic rings. The van der Waals surface area contributed by atoms with Crippen LogP contribution in [0.2, 0.25) is 5.02 Å². The molecule has 0 bridgehead atoms. The molecule has 1 N–H and O–H groups in total. The summed E-state index contributed by atoms with van der Waals surface area (Å²) in [7, 11) is 0. The Labute approximate surface area is 136 Å². The minimum Gasteiger partial charge on any atom is -0.321 e. The molecule has 0 fully saturated rings. The molecular weight excluding hydrogens is 352 g/mol. The van der Waals surface area contributed by atoms with E-state index < -0.39 is 5.91 Å². The zero-order chi connectivity index (χ0) is 15.2. The first-order valence-electron chi connectivity index (χ1n) is 6.03. The van der Waals surface area contributed by atoms with Crippen molar-refractivity contribution >= 4 is 45.2 Å². The topological polar surface area (TPSA) is 52.9 Å². The second kappa shape index (κ2) is 7.07. The summed E-state index contributed by atoms with van der Waals surface area (Å²) in [5.74, 6) is -0.449. The highest BCUT2D eigenvalue weighted by Gasteiger charge is 2.09. The first-order valence-corrected chi connectivity index (χ1v) is 7.20. The predicted octanol–water partition coefficient (Wildman–Crippen LogP) is 4.65. The average Bonchev–Trinajstić information content (AvgIpc) is 2.49. The molecule has 2 aromatic rings. The van der Waals surface area contributed by atoms with Crippen molar-refractivity contribution in [2.24, 2.45) is 0 Å². The van der Waals surface area contributed by atoms with Crippen LogP contribution < -0.4 is 5.32 Å². The van der Waals surface area contributed by atoms with E-state index in [1.807, 2.05) is 18.2 Å². The Morgan fingerprint density at radius 1 is 1.14 bits per heavy atom. The number of carbonyl (C=O) groups is 1. The van der Waals surface area contributed by atoms with Gasteiger partial charge in [-0.25, -0.2) is 0 Å². The van der Waals surface area contributed by atoms with Gasteiger partial charge in [-0.1, -0.05) is 39.7 Å². The lowest BCUT2D eigenvalue weighted by atomic mass is 10.1. The van der Waals surface area contributed by atoms with E-state index in [2.05, 4.69) is 21.2 Å². The minimum absolute atomic E-state index is 0.0280. The standard InChI is InChI=1S/C16H10BrClN2O/c17-13-3-7-15(8-4-13)20-16(21)12(10-19)9-11-1-5-14(18)6-2-11/h1-9H,(H,20,21)/b12-9-. The molecule has 2 rings (SSSR count). The van der Waals surface area contributed by atoms with Crippen molar-refractivity contribution in [3.8, 4) is 6.07 Å². The summed E-state index contributed by atoms with van der Waals surface area (Å²) in [6.45, 7) is 0. The number of rotatable bonds is 3. The molecular formula is C16H10BrClN2O. The maximum Gasteiger partial charge on any atom is 0.266 e. The highest BCUT2D eigenvalue weighted by Crippen LogP contribution is 2.16. The Hall–Kier alpha value is -2.09. The Morgan fingerprint density at radius 2 is 1.76 bits per heavy atom. The van der Waals surface area contributed by atoms with E-state index in [1.54, 1.807) is 36.4 Å². The maximum atomic E-state index is 12.1. The van der Waals surface area contributed by atoms with Gasteiger partial charge in [0.2, 0.25) is 0 Å². The summed E-state index contributed by atoms with van der Waals surface area (Å²) >= 11 is 9.11. The van der Waals surface area contributed by atoms with Crippen LogP contribution in [0.15, 0.2) is 58.6 Å². The van der Waals surface area contributed by atoms with Crippen molar-refractivity contribution in [3.63, 3.8) is 0 Å². The van der Waals surface area contributed by atoms with Gasteiger partial charge >= 0.3 is 0 Å². The second-order valence-corrected chi connectivity index (χ2v) is 5.53. The van der Waals surface area contributed by atoms with Crippen molar-refractivity contribution in [1.82, 2.24) is 0 Å². The van der Waals surface area contributed by atoms with Gasteiger partial charge in [-0.05, 0) is 48.0 Å². The largest absolute Gasteiger partial charge is 0.321 e. The van der Waals surface area contributed by atoms with Gasteiger partial charge in [0.05, 0.1) is 0 Å². The van der Waals surface area contributed by atoms with Crippen LogP contribution in [0.4, 0.5) is 5.69 Å². The maximum absolute atomic E-state index is 12.1. The van der Waals surface area contributed by atoms with Gasteiger partial charge in [0.15, 0.2) is 0 Å². The zero-order valence-corrected chi connectivity index (χ0v) is 13.1. The first-order chi connectivity index (χ1) is 10.1. The molecule has 0 saturated heterocycles. The summed E-state index contributed by atoms with van der Waals surface area (Å²) < 4.78 is 0.915. The summed E-state index contributed by atoms with van der Waals surface area (Å²) in [5.41, 5.74) is 1.39.